The zero-order chi connectivity index (χ0) is 15.4. The second-order valence-electron chi connectivity index (χ2n) is 5.96. The van der Waals surface area contributed by atoms with E-state index in [9.17, 15) is 0 Å². The van der Waals surface area contributed by atoms with Crippen molar-refractivity contribution in [1.82, 2.24) is 5.09 Å². The molecule has 0 bridgehead atoms. The summed E-state index contributed by atoms with van der Waals surface area (Å²) in [4.78, 5) is 0. The fourth-order valence-electron chi connectivity index (χ4n) is 3.13. The molecule has 0 unspecified atom stereocenters. The number of benzene rings is 2. The molecule has 2 aromatic carbocycles. The Kier molecular flexibility index (Phi) is 5.10. The number of hydrogen-bond acceptors (Lipinski definition) is 2. The molecule has 22 heavy (non-hydrogen) atoms. The summed E-state index contributed by atoms with van der Waals surface area (Å²) in [6.07, 6.45) is 2.67. The molecule has 1 fully saturated rings. The molecule has 3 N–H and O–H groups in total. The first-order chi connectivity index (χ1) is 10.7. The largest absolute Gasteiger partial charge is 0.326 e. The highest BCUT2D eigenvalue weighted by atomic mass is 32.4. The summed E-state index contributed by atoms with van der Waals surface area (Å²) in [6.45, 7) is 0. The molecule has 0 spiro atoms. The van der Waals surface area contributed by atoms with Crippen LogP contribution in [0.2, 0.25) is 0 Å². The van der Waals surface area contributed by atoms with Crippen molar-refractivity contribution in [1.29, 1.82) is 0 Å². The summed E-state index contributed by atoms with van der Waals surface area (Å²) in [5.41, 5.74) is 6.35. The van der Waals surface area contributed by atoms with Crippen LogP contribution in [0.5, 0.6) is 0 Å². The Balaban J connectivity index is 1.98. The molecule has 0 saturated heterocycles. The van der Waals surface area contributed by atoms with Crippen LogP contribution in [0.1, 0.15) is 25.7 Å². The molecule has 0 heterocycles. The minimum Gasteiger partial charge on any atom is -0.326 e. The molecule has 0 aromatic heterocycles. The van der Waals surface area contributed by atoms with Crippen molar-refractivity contribution in [3.8, 4) is 0 Å². The lowest BCUT2D eigenvalue weighted by Gasteiger charge is -2.35. The maximum absolute atomic E-state index is 6.35. The zero-order valence-corrected chi connectivity index (χ0v) is 14.4. The van der Waals surface area contributed by atoms with Crippen LogP contribution in [0.25, 0.3) is 0 Å². The van der Waals surface area contributed by atoms with E-state index in [0.717, 1.165) is 12.8 Å². The van der Waals surface area contributed by atoms with Crippen LogP contribution in [0.4, 0.5) is 0 Å². The van der Waals surface area contributed by atoms with Crippen molar-refractivity contribution < 1.29 is 0 Å². The SMILES string of the molecule is N[C@H]1CCCC[C@@H]1NP(=S)(c1ccccc1)c1ccccc1. The smallest absolute Gasteiger partial charge is 0.0687 e. The van der Waals surface area contributed by atoms with Gasteiger partial charge in [-0.15, -0.1) is 0 Å². The van der Waals surface area contributed by atoms with Gasteiger partial charge in [-0.1, -0.05) is 85.3 Å². The molecule has 1 aliphatic rings. The molecular formula is C18H23N2PS. The first kappa shape index (κ1) is 15.9. The van der Waals surface area contributed by atoms with Gasteiger partial charge in [-0.25, -0.2) is 0 Å². The summed E-state index contributed by atoms with van der Waals surface area (Å²) >= 11 is 6.21. The Hall–Kier alpha value is -0.990. The lowest BCUT2D eigenvalue weighted by Crippen LogP contribution is -2.48. The Morgan fingerprint density at radius 1 is 0.864 bits per heavy atom. The van der Waals surface area contributed by atoms with Crippen molar-refractivity contribution in [3.63, 3.8) is 0 Å². The van der Waals surface area contributed by atoms with Crippen LogP contribution in [-0.2, 0) is 11.8 Å². The summed E-state index contributed by atoms with van der Waals surface area (Å²) in [6, 6.07) is 21.5. The number of nitrogens with two attached hydrogens (primary N) is 1. The van der Waals surface area contributed by atoms with Gasteiger partial charge in [0.1, 0.15) is 0 Å². The van der Waals surface area contributed by atoms with E-state index >= 15 is 0 Å². The average molecular weight is 330 g/mol. The maximum atomic E-state index is 6.35. The van der Waals surface area contributed by atoms with Gasteiger partial charge in [-0.05, 0) is 12.8 Å². The van der Waals surface area contributed by atoms with Gasteiger partial charge in [-0.2, -0.15) is 0 Å². The van der Waals surface area contributed by atoms with Gasteiger partial charge in [0.05, 0.1) is 6.19 Å². The normalized spacial score (nSPS) is 22.4. The molecule has 2 atom stereocenters. The van der Waals surface area contributed by atoms with Crippen LogP contribution >= 0.6 is 6.19 Å². The maximum Gasteiger partial charge on any atom is 0.0687 e. The van der Waals surface area contributed by atoms with Gasteiger partial charge in [0.2, 0.25) is 0 Å². The second-order valence-corrected chi connectivity index (χ2v) is 10.1. The number of nitrogens with one attached hydrogen (secondary N) is 1. The van der Waals surface area contributed by atoms with E-state index in [2.05, 4.69) is 53.6 Å². The molecular weight excluding hydrogens is 307 g/mol. The third-order valence-electron chi connectivity index (χ3n) is 4.41. The predicted octanol–water partition coefficient (Wildman–Crippen LogP) is 2.89. The minimum absolute atomic E-state index is 0.212. The van der Waals surface area contributed by atoms with Crippen LogP contribution in [-0.4, -0.2) is 12.1 Å². The van der Waals surface area contributed by atoms with E-state index < -0.39 is 6.19 Å². The molecule has 1 aliphatic carbocycles. The van der Waals surface area contributed by atoms with Crippen molar-refractivity contribution in [2.75, 3.05) is 0 Å². The standard InChI is InChI=1S/C18H23N2PS/c19-17-13-7-8-14-18(17)20-21(22,15-9-3-1-4-10-15)16-11-5-2-6-12-16/h1-6,9-12,17-18H,7-8,13-14,19H2,(H,20,22)/t17-,18-/m0/s1. The second kappa shape index (κ2) is 7.06. The Morgan fingerprint density at radius 3 is 1.86 bits per heavy atom. The Labute approximate surface area is 138 Å². The molecule has 4 heteroatoms. The molecule has 2 aromatic rings. The third kappa shape index (κ3) is 3.33. The van der Waals surface area contributed by atoms with Gasteiger partial charge in [0, 0.05) is 22.7 Å². The molecule has 1 saturated carbocycles. The van der Waals surface area contributed by atoms with Gasteiger partial charge in [0.25, 0.3) is 0 Å². The zero-order valence-electron chi connectivity index (χ0n) is 12.7. The van der Waals surface area contributed by atoms with Crippen molar-refractivity contribution in [2.24, 2.45) is 5.73 Å². The quantitative estimate of drug-likeness (QED) is 0.847. The summed E-state index contributed by atoms with van der Waals surface area (Å²) in [5.74, 6) is 0. The van der Waals surface area contributed by atoms with Gasteiger partial charge in [0.15, 0.2) is 0 Å². The lowest BCUT2D eigenvalue weighted by molar-refractivity contribution is 0.367. The Bertz CT molecular complexity index is 601. The summed E-state index contributed by atoms with van der Waals surface area (Å²) in [5, 5.41) is 6.25. The highest BCUT2D eigenvalue weighted by molar-refractivity contribution is 8.20. The van der Waals surface area contributed by atoms with Crippen molar-refractivity contribution >= 4 is 28.6 Å². The lowest BCUT2D eigenvalue weighted by atomic mass is 9.92. The third-order valence-corrected chi connectivity index (χ3v) is 8.73. The summed E-state index contributed by atoms with van der Waals surface area (Å²) in [7, 11) is 0. The molecule has 0 radical (unpaired) electrons. The highest BCUT2D eigenvalue weighted by Crippen LogP contribution is 2.41. The molecule has 3 rings (SSSR count). The topological polar surface area (TPSA) is 38.0 Å². The summed E-state index contributed by atoms with van der Waals surface area (Å²) < 4.78 is 0. The fourth-order valence-corrected chi connectivity index (χ4v) is 6.83. The van der Waals surface area contributed by atoms with Crippen molar-refractivity contribution in [3.05, 3.63) is 60.7 Å². The van der Waals surface area contributed by atoms with E-state index in [1.165, 1.54) is 23.5 Å². The number of hydrogen-bond donors (Lipinski definition) is 2. The predicted molar refractivity (Wildman–Crippen MR) is 99.8 cm³/mol. The van der Waals surface area contributed by atoms with Gasteiger partial charge >= 0.3 is 0 Å². The molecule has 0 amide bonds. The van der Waals surface area contributed by atoms with Gasteiger partial charge in [-0.3, -0.25) is 5.09 Å². The first-order valence-corrected chi connectivity index (χ1v) is 10.7. The van der Waals surface area contributed by atoms with Crippen molar-refractivity contribution in [2.45, 2.75) is 37.8 Å². The van der Waals surface area contributed by atoms with Crippen LogP contribution in [0, 0.1) is 0 Å². The van der Waals surface area contributed by atoms with E-state index in [1.54, 1.807) is 0 Å². The molecule has 116 valence electrons. The first-order valence-electron chi connectivity index (χ1n) is 7.95. The monoisotopic (exact) mass is 330 g/mol. The van der Waals surface area contributed by atoms with Crippen LogP contribution in [0.15, 0.2) is 60.7 Å². The van der Waals surface area contributed by atoms with E-state index in [1.807, 2.05) is 12.1 Å². The minimum atomic E-state index is -2.03. The van der Waals surface area contributed by atoms with E-state index in [4.69, 9.17) is 17.5 Å². The highest BCUT2D eigenvalue weighted by Gasteiger charge is 2.29. The number of rotatable bonds is 4. The average Bonchev–Trinajstić information content (AvgIpc) is 2.58. The van der Waals surface area contributed by atoms with E-state index in [0.29, 0.717) is 6.04 Å². The van der Waals surface area contributed by atoms with Crippen LogP contribution in [0.3, 0.4) is 0 Å². The Morgan fingerprint density at radius 2 is 1.36 bits per heavy atom. The van der Waals surface area contributed by atoms with E-state index in [-0.39, 0.29) is 6.04 Å². The van der Waals surface area contributed by atoms with Gasteiger partial charge < -0.3 is 5.73 Å². The van der Waals surface area contributed by atoms with Crippen LogP contribution < -0.4 is 21.4 Å². The molecule has 0 aliphatic heterocycles. The fraction of sp³-hybridized carbons (Fsp3) is 0.333. The molecule has 2 nitrogen and oxygen atoms in total.